The van der Waals surface area contributed by atoms with E-state index in [-0.39, 0.29) is 35.8 Å². The molecule has 0 saturated carbocycles. The Morgan fingerprint density at radius 1 is 1.40 bits per heavy atom. The van der Waals surface area contributed by atoms with E-state index in [1.54, 1.807) is 0 Å². The van der Waals surface area contributed by atoms with Crippen LogP contribution in [0.2, 0.25) is 0 Å². The van der Waals surface area contributed by atoms with E-state index in [2.05, 4.69) is 9.89 Å². The van der Waals surface area contributed by atoms with Crippen LogP contribution in [0, 0.1) is 0 Å². The number of carbonyl (C=O) groups is 1. The Hall–Kier alpha value is -2.23. The Bertz CT molecular complexity index is 722. The number of nitrogens with zero attached hydrogens (tertiary/aromatic N) is 2. The van der Waals surface area contributed by atoms with Gasteiger partial charge in [-0.3, -0.25) is 4.79 Å². The van der Waals surface area contributed by atoms with Crippen LogP contribution >= 0.6 is 0 Å². The standard InChI is InChI=1S/C15H18F2N2O5S/c1-19(12-6-7-25(21,22)10-12)14(20)9-23-18-8-11-2-4-13(5-3-11)24-15(16)17/h2-5,8,12,15H,6-7,9-10H2,1H3/b18-8-/t12-/m1/s1. The summed E-state index contributed by atoms with van der Waals surface area (Å²) in [5, 5.41) is 3.63. The molecule has 1 aromatic rings. The maximum absolute atomic E-state index is 12.0. The second-order valence-electron chi connectivity index (χ2n) is 5.52. The molecule has 25 heavy (non-hydrogen) atoms. The van der Waals surface area contributed by atoms with Crippen molar-refractivity contribution in [2.24, 2.45) is 5.16 Å². The van der Waals surface area contributed by atoms with Gasteiger partial charge in [0.25, 0.3) is 5.91 Å². The van der Waals surface area contributed by atoms with Crippen LogP contribution in [0.25, 0.3) is 0 Å². The molecule has 7 nitrogen and oxygen atoms in total. The smallest absolute Gasteiger partial charge is 0.387 e. The summed E-state index contributed by atoms with van der Waals surface area (Å²) >= 11 is 0. The summed E-state index contributed by atoms with van der Waals surface area (Å²) in [6.45, 7) is -3.21. The van der Waals surface area contributed by atoms with Crippen molar-refractivity contribution in [3.63, 3.8) is 0 Å². The number of amides is 1. The number of oxime groups is 1. The fourth-order valence-corrected chi connectivity index (χ4v) is 4.09. The van der Waals surface area contributed by atoms with Crippen LogP contribution in [0.4, 0.5) is 8.78 Å². The zero-order valence-corrected chi connectivity index (χ0v) is 14.3. The number of likely N-dealkylation sites (N-methyl/N-ethyl adjacent to an activating group) is 1. The maximum atomic E-state index is 12.0. The minimum Gasteiger partial charge on any atom is -0.435 e. The van der Waals surface area contributed by atoms with Crippen molar-refractivity contribution in [2.45, 2.75) is 19.1 Å². The second-order valence-corrected chi connectivity index (χ2v) is 7.75. The first-order valence-electron chi connectivity index (χ1n) is 7.43. The molecule has 1 atom stereocenters. The lowest BCUT2D eigenvalue weighted by Gasteiger charge is -2.22. The molecular weight excluding hydrogens is 358 g/mol. The van der Waals surface area contributed by atoms with Crippen LogP contribution in [0.15, 0.2) is 29.4 Å². The van der Waals surface area contributed by atoms with E-state index in [9.17, 15) is 22.0 Å². The molecule has 1 aromatic carbocycles. The lowest BCUT2D eigenvalue weighted by atomic mass is 10.2. The first-order valence-corrected chi connectivity index (χ1v) is 9.25. The lowest BCUT2D eigenvalue weighted by Crippen LogP contribution is -2.39. The Morgan fingerprint density at radius 2 is 2.08 bits per heavy atom. The van der Waals surface area contributed by atoms with Crippen molar-refractivity contribution in [3.8, 4) is 5.75 Å². The third-order valence-corrected chi connectivity index (χ3v) is 5.47. The molecule has 1 aliphatic heterocycles. The normalized spacial score (nSPS) is 19.3. The quantitative estimate of drug-likeness (QED) is 0.529. The molecule has 0 radical (unpaired) electrons. The number of benzene rings is 1. The van der Waals surface area contributed by atoms with Gasteiger partial charge in [0, 0.05) is 13.1 Å². The van der Waals surface area contributed by atoms with Crippen molar-refractivity contribution in [2.75, 3.05) is 25.2 Å². The summed E-state index contributed by atoms with van der Waals surface area (Å²) in [6, 6.07) is 5.37. The van der Waals surface area contributed by atoms with E-state index in [4.69, 9.17) is 4.84 Å². The fraction of sp³-hybridized carbons (Fsp3) is 0.467. The zero-order valence-electron chi connectivity index (χ0n) is 13.5. The summed E-state index contributed by atoms with van der Waals surface area (Å²) < 4.78 is 51.1. The second kappa shape index (κ2) is 8.24. The maximum Gasteiger partial charge on any atom is 0.387 e. The monoisotopic (exact) mass is 376 g/mol. The molecular formula is C15H18F2N2O5S. The molecule has 0 unspecified atom stereocenters. The number of rotatable bonds is 7. The van der Waals surface area contributed by atoms with Gasteiger partial charge in [-0.2, -0.15) is 8.78 Å². The zero-order chi connectivity index (χ0) is 18.4. The highest BCUT2D eigenvalue weighted by Crippen LogP contribution is 2.16. The molecule has 1 amide bonds. The molecule has 1 aliphatic rings. The van der Waals surface area contributed by atoms with Crippen LogP contribution in [0.3, 0.4) is 0 Å². The third-order valence-electron chi connectivity index (χ3n) is 3.72. The predicted molar refractivity (Wildman–Crippen MR) is 86.4 cm³/mol. The van der Waals surface area contributed by atoms with E-state index in [1.165, 1.54) is 42.4 Å². The molecule has 2 rings (SSSR count). The molecule has 10 heteroatoms. The molecule has 0 N–H and O–H groups in total. The van der Waals surface area contributed by atoms with E-state index in [1.807, 2.05) is 0 Å². The Kier molecular flexibility index (Phi) is 6.29. The van der Waals surface area contributed by atoms with E-state index < -0.39 is 16.4 Å². The molecule has 1 fully saturated rings. The van der Waals surface area contributed by atoms with Gasteiger partial charge in [-0.25, -0.2) is 8.42 Å². The third kappa shape index (κ3) is 5.96. The minimum atomic E-state index is -3.07. The lowest BCUT2D eigenvalue weighted by molar-refractivity contribution is -0.136. The average molecular weight is 376 g/mol. The largest absolute Gasteiger partial charge is 0.435 e. The van der Waals surface area contributed by atoms with Crippen molar-refractivity contribution in [1.29, 1.82) is 0 Å². The first kappa shape index (κ1) is 19.1. The van der Waals surface area contributed by atoms with Gasteiger partial charge >= 0.3 is 6.61 Å². The summed E-state index contributed by atoms with van der Waals surface area (Å²) in [7, 11) is -1.54. The molecule has 1 saturated heterocycles. The van der Waals surface area contributed by atoms with Crippen molar-refractivity contribution < 1.29 is 31.6 Å². The van der Waals surface area contributed by atoms with Crippen LogP contribution in [0.1, 0.15) is 12.0 Å². The number of hydrogen-bond donors (Lipinski definition) is 0. The highest BCUT2D eigenvalue weighted by Gasteiger charge is 2.32. The number of carbonyl (C=O) groups excluding carboxylic acids is 1. The topological polar surface area (TPSA) is 85.3 Å². The molecule has 0 aliphatic carbocycles. The Balaban J connectivity index is 1.77. The van der Waals surface area contributed by atoms with Gasteiger partial charge in [-0.05, 0) is 36.2 Å². The van der Waals surface area contributed by atoms with Crippen LogP contribution in [0.5, 0.6) is 5.75 Å². The Labute approximate surface area is 144 Å². The summed E-state index contributed by atoms with van der Waals surface area (Å²) in [4.78, 5) is 18.2. The van der Waals surface area contributed by atoms with Crippen molar-refractivity contribution >= 4 is 22.0 Å². The van der Waals surface area contributed by atoms with Gasteiger partial charge in [0.05, 0.1) is 17.7 Å². The van der Waals surface area contributed by atoms with Crippen LogP contribution < -0.4 is 4.74 Å². The summed E-state index contributed by atoms with van der Waals surface area (Å²) in [6.07, 6.45) is 1.74. The van der Waals surface area contributed by atoms with E-state index in [0.29, 0.717) is 12.0 Å². The number of sulfone groups is 1. The van der Waals surface area contributed by atoms with Gasteiger partial charge < -0.3 is 14.5 Å². The highest BCUT2D eigenvalue weighted by molar-refractivity contribution is 7.91. The summed E-state index contributed by atoms with van der Waals surface area (Å²) in [5.74, 6) is -0.304. The van der Waals surface area contributed by atoms with Gasteiger partial charge in [-0.1, -0.05) is 5.16 Å². The van der Waals surface area contributed by atoms with Gasteiger partial charge in [0.2, 0.25) is 0 Å². The number of alkyl halides is 2. The van der Waals surface area contributed by atoms with Gasteiger partial charge in [-0.15, -0.1) is 0 Å². The number of ether oxygens (including phenoxy) is 1. The fourth-order valence-electron chi connectivity index (χ4n) is 2.31. The van der Waals surface area contributed by atoms with E-state index in [0.717, 1.165) is 0 Å². The predicted octanol–water partition coefficient (Wildman–Crippen LogP) is 1.28. The van der Waals surface area contributed by atoms with E-state index >= 15 is 0 Å². The number of hydrogen-bond acceptors (Lipinski definition) is 6. The summed E-state index contributed by atoms with van der Waals surface area (Å²) in [5.41, 5.74) is 0.573. The molecule has 1 heterocycles. The van der Waals surface area contributed by atoms with Crippen LogP contribution in [-0.2, 0) is 19.5 Å². The molecule has 0 bridgehead atoms. The highest BCUT2D eigenvalue weighted by atomic mass is 32.2. The first-order chi connectivity index (χ1) is 11.8. The molecule has 0 spiro atoms. The van der Waals surface area contributed by atoms with Crippen LogP contribution in [-0.4, -0.2) is 63.3 Å². The SMILES string of the molecule is CN(C(=O)CO/N=C\c1ccc(OC(F)F)cc1)[C@@H]1CCS(=O)(=O)C1. The Morgan fingerprint density at radius 3 is 2.64 bits per heavy atom. The van der Waals surface area contributed by atoms with Crippen molar-refractivity contribution in [3.05, 3.63) is 29.8 Å². The van der Waals surface area contributed by atoms with Gasteiger partial charge in [0.15, 0.2) is 16.4 Å². The minimum absolute atomic E-state index is 0.0244. The molecule has 0 aromatic heterocycles. The van der Waals surface area contributed by atoms with Gasteiger partial charge in [0.1, 0.15) is 5.75 Å². The average Bonchev–Trinajstić information content (AvgIpc) is 2.91. The van der Waals surface area contributed by atoms with Crippen molar-refractivity contribution in [1.82, 2.24) is 4.90 Å². The number of halogens is 2. The molecule has 138 valence electrons.